The third-order valence-electron chi connectivity index (χ3n) is 3.90. The average molecular weight is 163 g/mol. The van der Waals surface area contributed by atoms with Gasteiger partial charge in [0.2, 0.25) is 0 Å². The maximum Gasteiger partial charge on any atom is 0.0587 e. The van der Waals surface area contributed by atoms with Gasteiger partial charge in [0.05, 0.1) is 5.54 Å². The van der Waals surface area contributed by atoms with Crippen molar-refractivity contribution in [3.63, 3.8) is 0 Å². The summed E-state index contributed by atoms with van der Waals surface area (Å²) < 4.78 is 0. The van der Waals surface area contributed by atoms with Crippen molar-refractivity contribution in [2.24, 2.45) is 16.3 Å². The lowest BCUT2D eigenvalue weighted by Crippen LogP contribution is -2.50. The Labute approximate surface area is 74.3 Å². The summed E-state index contributed by atoms with van der Waals surface area (Å²) in [5.41, 5.74) is 2.52. The first kappa shape index (κ1) is 7.11. The first-order chi connectivity index (χ1) is 5.57. The Morgan fingerprint density at radius 3 is 2.75 bits per heavy atom. The molecule has 12 heavy (non-hydrogen) atoms. The second-order valence-corrected chi connectivity index (χ2v) is 5.82. The van der Waals surface area contributed by atoms with Crippen LogP contribution in [-0.4, -0.2) is 11.3 Å². The molecular weight excluding hydrogens is 146 g/mol. The van der Waals surface area contributed by atoms with E-state index in [2.05, 4.69) is 13.8 Å². The zero-order chi connectivity index (χ0) is 8.40. The largest absolute Gasteiger partial charge is 0.288 e. The minimum absolute atomic E-state index is 0.351. The summed E-state index contributed by atoms with van der Waals surface area (Å²) in [4.78, 5) is 4.86. The fourth-order valence-electron chi connectivity index (χ4n) is 4.18. The highest BCUT2D eigenvalue weighted by atomic mass is 14.9. The molecule has 4 aliphatic rings. The lowest BCUT2D eigenvalue weighted by Gasteiger charge is -2.54. The molecule has 2 aliphatic carbocycles. The van der Waals surface area contributed by atoms with Crippen LogP contribution in [-0.2, 0) is 0 Å². The molecule has 0 spiro atoms. The molecule has 0 radical (unpaired) electrons. The number of hydrogen-bond donors (Lipinski definition) is 0. The summed E-state index contributed by atoms with van der Waals surface area (Å²) in [5.74, 6) is 0.981. The monoisotopic (exact) mass is 163 g/mol. The van der Waals surface area contributed by atoms with E-state index in [4.69, 9.17) is 4.99 Å². The van der Waals surface area contributed by atoms with E-state index in [1.807, 2.05) is 0 Å². The Balaban J connectivity index is 2.10. The van der Waals surface area contributed by atoms with Gasteiger partial charge in [-0.25, -0.2) is 0 Å². The van der Waals surface area contributed by atoms with Crippen molar-refractivity contribution in [1.82, 2.24) is 0 Å². The zero-order valence-electron chi connectivity index (χ0n) is 8.06. The van der Waals surface area contributed by atoms with Gasteiger partial charge >= 0.3 is 0 Å². The first-order valence-corrected chi connectivity index (χ1v) is 5.15. The van der Waals surface area contributed by atoms with Gasteiger partial charge in [-0.1, -0.05) is 6.92 Å². The lowest BCUT2D eigenvalue weighted by molar-refractivity contribution is 0.0705. The fraction of sp³-hybridized carbons (Fsp3) is 0.909. The van der Waals surface area contributed by atoms with Crippen molar-refractivity contribution >= 4 is 5.71 Å². The van der Waals surface area contributed by atoms with E-state index in [0.717, 1.165) is 5.92 Å². The van der Waals surface area contributed by atoms with Crippen LogP contribution in [0.2, 0.25) is 0 Å². The summed E-state index contributed by atoms with van der Waals surface area (Å²) in [5, 5.41) is 0. The summed E-state index contributed by atoms with van der Waals surface area (Å²) in [7, 11) is 0. The third-order valence-corrected chi connectivity index (χ3v) is 3.90. The van der Waals surface area contributed by atoms with Gasteiger partial charge in [0.1, 0.15) is 0 Å². The van der Waals surface area contributed by atoms with Crippen molar-refractivity contribution in [1.29, 1.82) is 0 Å². The molecule has 0 saturated heterocycles. The van der Waals surface area contributed by atoms with Gasteiger partial charge in [-0.2, -0.15) is 0 Å². The Hall–Kier alpha value is -0.330. The van der Waals surface area contributed by atoms with Crippen LogP contribution in [0.3, 0.4) is 0 Å². The molecule has 2 aliphatic heterocycles. The molecule has 1 heteroatoms. The molecule has 0 aromatic rings. The average Bonchev–Trinajstić information content (AvgIpc) is 1.75. The Kier molecular flexibility index (Phi) is 1.06. The van der Waals surface area contributed by atoms with E-state index < -0.39 is 0 Å². The number of nitrogens with zero attached hydrogens (tertiary/aromatic N) is 1. The second kappa shape index (κ2) is 1.78. The highest BCUT2D eigenvalue weighted by Crippen LogP contribution is 2.56. The molecule has 2 heterocycles. The maximum absolute atomic E-state index is 4.86. The molecule has 1 nitrogen and oxygen atoms in total. The number of rotatable bonds is 0. The van der Waals surface area contributed by atoms with Gasteiger partial charge in [0.15, 0.2) is 0 Å². The summed E-state index contributed by atoms with van der Waals surface area (Å²) in [6, 6.07) is 0. The molecule has 4 bridgehead atoms. The summed E-state index contributed by atoms with van der Waals surface area (Å²) >= 11 is 0. The SMILES string of the molecule is CC12CC3=NC(C)(CC(C3)C1)C2. The van der Waals surface area contributed by atoms with E-state index in [-0.39, 0.29) is 0 Å². The van der Waals surface area contributed by atoms with Crippen molar-refractivity contribution in [3.05, 3.63) is 0 Å². The summed E-state index contributed by atoms with van der Waals surface area (Å²) in [6.45, 7) is 4.82. The smallest absolute Gasteiger partial charge is 0.0587 e. The summed E-state index contributed by atoms with van der Waals surface area (Å²) in [6.07, 6.45) is 6.82. The van der Waals surface area contributed by atoms with Crippen LogP contribution in [0.5, 0.6) is 0 Å². The minimum atomic E-state index is 0.351. The van der Waals surface area contributed by atoms with Crippen LogP contribution in [0, 0.1) is 11.3 Å². The molecule has 2 fully saturated rings. The molecule has 0 N–H and O–H groups in total. The van der Waals surface area contributed by atoms with Gasteiger partial charge in [-0.3, -0.25) is 4.99 Å². The molecule has 3 unspecified atom stereocenters. The topological polar surface area (TPSA) is 12.4 Å². The maximum atomic E-state index is 4.86. The highest BCUT2D eigenvalue weighted by Gasteiger charge is 2.50. The minimum Gasteiger partial charge on any atom is -0.288 e. The number of hydrogen-bond acceptors (Lipinski definition) is 1. The Bertz CT molecular complexity index is 268. The number of aliphatic imine (C=N–C) groups is 1. The lowest BCUT2D eigenvalue weighted by atomic mass is 9.55. The van der Waals surface area contributed by atoms with E-state index in [1.54, 1.807) is 0 Å². The van der Waals surface area contributed by atoms with E-state index in [0.29, 0.717) is 11.0 Å². The van der Waals surface area contributed by atoms with Crippen LogP contribution >= 0.6 is 0 Å². The van der Waals surface area contributed by atoms with Crippen molar-refractivity contribution in [2.45, 2.75) is 51.5 Å². The van der Waals surface area contributed by atoms with Crippen molar-refractivity contribution in [3.8, 4) is 0 Å². The van der Waals surface area contributed by atoms with E-state index in [9.17, 15) is 0 Å². The van der Waals surface area contributed by atoms with Crippen LogP contribution in [0.25, 0.3) is 0 Å². The Morgan fingerprint density at radius 1 is 1.33 bits per heavy atom. The third kappa shape index (κ3) is 0.826. The fourth-order valence-corrected chi connectivity index (χ4v) is 4.18. The normalized spacial score (nSPS) is 55.8. The van der Waals surface area contributed by atoms with Gasteiger partial charge in [0, 0.05) is 5.71 Å². The first-order valence-electron chi connectivity index (χ1n) is 5.15. The molecule has 0 aromatic carbocycles. The van der Waals surface area contributed by atoms with Crippen molar-refractivity contribution < 1.29 is 0 Å². The van der Waals surface area contributed by atoms with Gasteiger partial charge in [0.25, 0.3) is 0 Å². The highest BCUT2D eigenvalue weighted by molar-refractivity contribution is 5.88. The molecule has 4 rings (SSSR count). The standard InChI is InChI=1S/C11H17N/c1-10-4-8-3-9(6-10)12-11(2,5-8)7-10/h8H,3-7H2,1-2H3. The van der Waals surface area contributed by atoms with Crippen LogP contribution in [0.15, 0.2) is 4.99 Å². The van der Waals surface area contributed by atoms with Gasteiger partial charge in [-0.05, 0) is 50.4 Å². The van der Waals surface area contributed by atoms with Crippen LogP contribution in [0.4, 0.5) is 0 Å². The quantitative estimate of drug-likeness (QED) is 0.520. The van der Waals surface area contributed by atoms with E-state index >= 15 is 0 Å². The van der Waals surface area contributed by atoms with Gasteiger partial charge < -0.3 is 0 Å². The van der Waals surface area contributed by atoms with Crippen LogP contribution < -0.4 is 0 Å². The molecule has 0 aromatic heterocycles. The Morgan fingerprint density at radius 2 is 2.17 bits per heavy atom. The van der Waals surface area contributed by atoms with Crippen molar-refractivity contribution in [2.75, 3.05) is 0 Å². The predicted molar refractivity (Wildman–Crippen MR) is 50.5 cm³/mol. The second-order valence-electron chi connectivity index (χ2n) is 5.82. The molecular formula is C11H17N. The molecule has 2 saturated carbocycles. The van der Waals surface area contributed by atoms with E-state index in [1.165, 1.54) is 37.8 Å². The molecule has 66 valence electrons. The van der Waals surface area contributed by atoms with Gasteiger partial charge in [-0.15, -0.1) is 0 Å². The molecule has 0 amide bonds. The predicted octanol–water partition coefficient (Wildman–Crippen LogP) is 2.80. The van der Waals surface area contributed by atoms with Crippen LogP contribution in [0.1, 0.15) is 46.0 Å². The molecule has 3 atom stereocenters. The zero-order valence-corrected chi connectivity index (χ0v) is 8.06.